The number of hydrogen-bond acceptors (Lipinski definition) is 4. The average Bonchev–Trinajstić information content (AvgIpc) is 2.72. The Balaban J connectivity index is 1.61. The van der Waals surface area contributed by atoms with E-state index in [0.717, 1.165) is 48.6 Å². The number of carbonyl (C=O) groups excluding carboxylic acids is 1. The summed E-state index contributed by atoms with van der Waals surface area (Å²) in [4.78, 5) is 15.0. The second-order valence-corrected chi connectivity index (χ2v) is 8.29. The Hall–Kier alpha value is -2.37. The Morgan fingerprint density at radius 1 is 1.13 bits per heavy atom. The molecule has 2 aromatic rings. The molecule has 0 aliphatic carbocycles. The van der Waals surface area contributed by atoms with E-state index < -0.39 is 0 Å². The molecule has 5 heteroatoms. The normalized spacial score (nSPS) is 20.5. The van der Waals surface area contributed by atoms with Gasteiger partial charge in [-0.05, 0) is 49.4 Å². The van der Waals surface area contributed by atoms with Gasteiger partial charge in [0, 0.05) is 25.3 Å². The summed E-state index contributed by atoms with van der Waals surface area (Å²) < 4.78 is 11.7. The minimum Gasteiger partial charge on any atom is -0.483 e. The van der Waals surface area contributed by atoms with Crippen LogP contribution < -0.4 is 10.1 Å². The highest BCUT2D eigenvalue weighted by atomic mass is 16.5. The van der Waals surface area contributed by atoms with Crippen molar-refractivity contribution >= 4 is 11.6 Å². The number of ether oxygens (including phenoxy) is 2. The van der Waals surface area contributed by atoms with Gasteiger partial charge in [0.15, 0.2) is 6.61 Å². The number of carbonyl (C=O) groups is 1. The molecule has 5 nitrogen and oxygen atoms in total. The number of amides is 1. The van der Waals surface area contributed by atoms with Gasteiger partial charge in [-0.25, -0.2) is 0 Å². The van der Waals surface area contributed by atoms with E-state index in [1.807, 2.05) is 36.4 Å². The standard InChI is InChI=1S/C25H34N2O3/c1-5-18(2)22-11-7-9-13-24(22)29-17-25(28)26-23-12-8-6-10-21(23)16-27-14-19(3)30-20(4)15-27/h6-13,18-20H,5,14-17H2,1-4H3,(H,26,28). The van der Waals surface area contributed by atoms with Crippen molar-refractivity contribution in [3.63, 3.8) is 0 Å². The topological polar surface area (TPSA) is 50.8 Å². The molecule has 3 atom stereocenters. The summed E-state index contributed by atoms with van der Waals surface area (Å²) in [6.07, 6.45) is 1.46. The van der Waals surface area contributed by atoms with Gasteiger partial charge in [0.05, 0.1) is 12.2 Å². The third-order valence-electron chi connectivity index (χ3n) is 5.60. The highest BCUT2D eigenvalue weighted by Crippen LogP contribution is 2.28. The summed E-state index contributed by atoms with van der Waals surface area (Å²) in [7, 11) is 0. The fourth-order valence-corrected chi connectivity index (χ4v) is 4.00. The molecular formula is C25H34N2O3. The second kappa shape index (κ2) is 10.6. The largest absolute Gasteiger partial charge is 0.483 e. The Bertz CT molecular complexity index is 829. The van der Waals surface area contributed by atoms with E-state index in [4.69, 9.17) is 9.47 Å². The van der Waals surface area contributed by atoms with Gasteiger partial charge in [-0.3, -0.25) is 9.69 Å². The number of benzene rings is 2. The zero-order chi connectivity index (χ0) is 21.5. The van der Waals surface area contributed by atoms with Crippen molar-refractivity contribution in [3.05, 3.63) is 59.7 Å². The Morgan fingerprint density at radius 3 is 2.53 bits per heavy atom. The molecule has 1 aliphatic heterocycles. The van der Waals surface area contributed by atoms with E-state index in [1.165, 1.54) is 0 Å². The zero-order valence-corrected chi connectivity index (χ0v) is 18.6. The van der Waals surface area contributed by atoms with E-state index in [9.17, 15) is 4.79 Å². The molecule has 1 amide bonds. The third kappa shape index (κ3) is 6.07. The number of anilines is 1. The number of para-hydroxylation sites is 2. The molecule has 0 aromatic heterocycles. The summed E-state index contributed by atoms with van der Waals surface area (Å²) in [6.45, 7) is 11.1. The number of nitrogens with one attached hydrogen (secondary N) is 1. The predicted molar refractivity (Wildman–Crippen MR) is 121 cm³/mol. The minimum absolute atomic E-state index is 0.00654. The van der Waals surface area contributed by atoms with Crippen molar-refractivity contribution in [1.29, 1.82) is 0 Å². The summed E-state index contributed by atoms with van der Waals surface area (Å²) in [5.41, 5.74) is 3.09. The lowest BCUT2D eigenvalue weighted by Gasteiger charge is -2.35. The second-order valence-electron chi connectivity index (χ2n) is 8.29. The lowest BCUT2D eigenvalue weighted by molar-refractivity contribution is -0.118. The number of rotatable bonds is 8. The molecule has 0 spiro atoms. The quantitative estimate of drug-likeness (QED) is 0.677. The molecule has 1 heterocycles. The summed E-state index contributed by atoms with van der Waals surface area (Å²) in [6, 6.07) is 15.9. The van der Waals surface area contributed by atoms with Crippen LogP contribution in [0.3, 0.4) is 0 Å². The lowest BCUT2D eigenvalue weighted by atomic mass is 9.98. The van der Waals surface area contributed by atoms with Crippen molar-refractivity contribution < 1.29 is 14.3 Å². The first kappa shape index (κ1) is 22.3. The van der Waals surface area contributed by atoms with Gasteiger partial charge >= 0.3 is 0 Å². The van der Waals surface area contributed by atoms with Crippen LogP contribution in [0, 0.1) is 0 Å². The van der Waals surface area contributed by atoms with Gasteiger partial charge in [0.1, 0.15) is 5.75 Å². The molecular weight excluding hydrogens is 376 g/mol. The highest BCUT2D eigenvalue weighted by Gasteiger charge is 2.23. The smallest absolute Gasteiger partial charge is 0.262 e. The Morgan fingerprint density at radius 2 is 1.80 bits per heavy atom. The van der Waals surface area contributed by atoms with Crippen molar-refractivity contribution in [3.8, 4) is 5.75 Å². The van der Waals surface area contributed by atoms with E-state index in [2.05, 4.69) is 50.0 Å². The van der Waals surface area contributed by atoms with E-state index in [1.54, 1.807) is 0 Å². The number of morpholine rings is 1. The first-order valence-electron chi connectivity index (χ1n) is 10.9. The molecule has 0 saturated carbocycles. The summed E-state index contributed by atoms with van der Waals surface area (Å²) >= 11 is 0. The van der Waals surface area contributed by atoms with Crippen LogP contribution in [0.1, 0.15) is 51.2 Å². The van der Waals surface area contributed by atoms with E-state index in [-0.39, 0.29) is 24.7 Å². The van der Waals surface area contributed by atoms with Crippen LogP contribution in [0.5, 0.6) is 5.75 Å². The average molecular weight is 411 g/mol. The molecule has 0 bridgehead atoms. The van der Waals surface area contributed by atoms with Crippen LogP contribution >= 0.6 is 0 Å². The summed E-state index contributed by atoms with van der Waals surface area (Å²) in [5.74, 6) is 1.03. The first-order chi connectivity index (χ1) is 14.5. The molecule has 162 valence electrons. The maximum Gasteiger partial charge on any atom is 0.262 e. The SMILES string of the molecule is CCC(C)c1ccccc1OCC(=O)Nc1ccccc1CN1CC(C)OC(C)C1. The van der Waals surface area contributed by atoms with E-state index in [0.29, 0.717) is 5.92 Å². The molecule has 30 heavy (non-hydrogen) atoms. The van der Waals surface area contributed by atoms with Crippen LogP contribution in [-0.4, -0.2) is 42.7 Å². The number of hydrogen-bond donors (Lipinski definition) is 1. The first-order valence-corrected chi connectivity index (χ1v) is 10.9. The van der Waals surface area contributed by atoms with Gasteiger partial charge in [0.2, 0.25) is 0 Å². The van der Waals surface area contributed by atoms with Gasteiger partial charge in [-0.2, -0.15) is 0 Å². The van der Waals surface area contributed by atoms with Crippen LogP contribution in [0.25, 0.3) is 0 Å². The molecule has 2 aromatic carbocycles. The molecule has 1 aliphatic rings. The predicted octanol–water partition coefficient (Wildman–Crippen LogP) is 4.83. The maximum absolute atomic E-state index is 12.6. The van der Waals surface area contributed by atoms with Crippen molar-refractivity contribution in [1.82, 2.24) is 4.90 Å². The number of nitrogens with zero attached hydrogens (tertiary/aromatic N) is 1. The van der Waals surface area contributed by atoms with Crippen LogP contribution in [-0.2, 0) is 16.1 Å². The Labute approximate surface area is 180 Å². The summed E-state index contributed by atoms with van der Waals surface area (Å²) in [5, 5.41) is 3.03. The van der Waals surface area contributed by atoms with Crippen molar-refractivity contribution in [2.75, 3.05) is 25.0 Å². The van der Waals surface area contributed by atoms with Crippen molar-refractivity contribution in [2.45, 2.75) is 58.8 Å². The van der Waals surface area contributed by atoms with Gasteiger partial charge in [-0.1, -0.05) is 50.2 Å². The molecule has 3 unspecified atom stereocenters. The fourth-order valence-electron chi connectivity index (χ4n) is 4.00. The van der Waals surface area contributed by atoms with Crippen LogP contribution in [0.15, 0.2) is 48.5 Å². The van der Waals surface area contributed by atoms with Gasteiger partial charge < -0.3 is 14.8 Å². The zero-order valence-electron chi connectivity index (χ0n) is 18.6. The lowest BCUT2D eigenvalue weighted by Crippen LogP contribution is -2.44. The molecule has 1 saturated heterocycles. The van der Waals surface area contributed by atoms with E-state index >= 15 is 0 Å². The molecule has 1 N–H and O–H groups in total. The fraction of sp³-hybridized carbons (Fsp3) is 0.480. The molecule has 0 radical (unpaired) electrons. The van der Waals surface area contributed by atoms with Crippen LogP contribution in [0.4, 0.5) is 5.69 Å². The Kier molecular flexibility index (Phi) is 7.88. The maximum atomic E-state index is 12.6. The minimum atomic E-state index is -0.148. The van der Waals surface area contributed by atoms with Crippen LogP contribution in [0.2, 0.25) is 0 Å². The monoisotopic (exact) mass is 410 g/mol. The van der Waals surface area contributed by atoms with Crippen molar-refractivity contribution in [2.24, 2.45) is 0 Å². The molecule has 1 fully saturated rings. The highest BCUT2D eigenvalue weighted by molar-refractivity contribution is 5.92. The van der Waals surface area contributed by atoms with Gasteiger partial charge in [-0.15, -0.1) is 0 Å². The van der Waals surface area contributed by atoms with Gasteiger partial charge in [0.25, 0.3) is 5.91 Å². The molecule has 3 rings (SSSR count). The third-order valence-corrected chi connectivity index (χ3v) is 5.60.